The first-order chi connectivity index (χ1) is 7.51. The number of carbonyl (C=O) groups is 1. The van der Waals surface area contributed by atoms with Crippen molar-refractivity contribution < 1.29 is 4.79 Å². The Hall–Kier alpha value is -0.220. The molecule has 0 spiro atoms. The lowest BCUT2D eigenvalue weighted by molar-refractivity contribution is -0.127. The molecule has 94 valence electrons. The van der Waals surface area contributed by atoms with Crippen LogP contribution in [0, 0.1) is 0 Å². The number of hydrogen-bond donors (Lipinski definition) is 2. The van der Waals surface area contributed by atoms with Gasteiger partial charge < -0.3 is 10.6 Å². The van der Waals surface area contributed by atoms with Gasteiger partial charge in [0.2, 0.25) is 5.91 Å². The molecular formula is C12H24N2OS. The second-order valence-electron chi connectivity index (χ2n) is 5.01. The molecule has 3 nitrogen and oxygen atoms in total. The Morgan fingerprint density at radius 3 is 2.50 bits per heavy atom. The van der Waals surface area contributed by atoms with E-state index >= 15 is 0 Å². The van der Waals surface area contributed by atoms with Crippen LogP contribution >= 0.6 is 11.8 Å². The molecule has 1 amide bonds. The third-order valence-electron chi connectivity index (χ3n) is 3.51. The molecular weight excluding hydrogens is 220 g/mol. The van der Waals surface area contributed by atoms with Crippen LogP contribution in [-0.4, -0.2) is 36.0 Å². The fourth-order valence-electron chi connectivity index (χ4n) is 2.01. The van der Waals surface area contributed by atoms with Crippen molar-refractivity contribution >= 4 is 17.7 Å². The second-order valence-corrected chi connectivity index (χ2v) is 6.09. The number of thioether (sulfide) groups is 1. The van der Waals surface area contributed by atoms with E-state index in [-0.39, 0.29) is 5.91 Å². The fraction of sp³-hybridized carbons (Fsp3) is 0.917. The Labute approximate surface area is 103 Å². The predicted molar refractivity (Wildman–Crippen MR) is 70.8 cm³/mol. The minimum Gasteiger partial charge on any atom is -0.351 e. The largest absolute Gasteiger partial charge is 0.351 e. The predicted octanol–water partition coefficient (Wildman–Crippen LogP) is 1.77. The Balaban J connectivity index is 2.54. The first-order valence-corrected chi connectivity index (χ1v) is 7.32. The van der Waals surface area contributed by atoms with Gasteiger partial charge in [0.15, 0.2) is 0 Å². The van der Waals surface area contributed by atoms with Gasteiger partial charge in [0, 0.05) is 11.3 Å². The molecule has 0 saturated heterocycles. The van der Waals surface area contributed by atoms with Crippen LogP contribution in [-0.2, 0) is 4.79 Å². The topological polar surface area (TPSA) is 41.1 Å². The zero-order chi connectivity index (χ0) is 12.2. The summed E-state index contributed by atoms with van der Waals surface area (Å²) in [7, 11) is 1.83. The molecule has 0 aliphatic heterocycles. The van der Waals surface area contributed by atoms with Crippen LogP contribution in [0.2, 0.25) is 0 Å². The molecule has 1 saturated carbocycles. The Kier molecular flexibility index (Phi) is 5.12. The monoisotopic (exact) mass is 244 g/mol. The van der Waals surface area contributed by atoms with E-state index < -0.39 is 5.54 Å². The first kappa shape index (κ1) is 13.8. The Morgan fingerprint density at radius 1 is 1.31 bits per heavy atom. The van der Waals surface area contributed by atoms with E-state index in [9.17, 15) is 4.79 Å². The molecule has 0 aromatic heterocycles. The third kappa shape index (κ3) is 3.39. The maximum atomic E-state index is 12.0. The molecule has 2 unspecified atom stereocenters. The summed E-state index contributed by atoms with van der Waals surface area (Å²) < 4.78 is 0. The van der Waals surface area contributed by atoms with Gasteiger partial charge in [-0.3, -0.25) is 4.79 Å². The van der Waals surface area contributed by atoms with Gasteiger partial charge in [-0.1, -0.05) is 12.8 Å². The van der Waals surface area contributed by atoms with Crippen LogP contribution in [0.1, 0.15) is 39.5 Å². The van der Waals surface area contributed by atoms with Crippen molar-refractivity contribution in [2.45, 2.75) is 56.4 Å². The highest BCUT2D eigenvalue weighted by atomic mass is 32.2. The lowest BCUT2D eigenvalue weighted by Crippen LogP contribution is -2.56. The molecule has 0 aromatic rings. The molecule has 0 aromatic carbocycles. The lowest BCUT2D eigenvalue weighted by atomic mass is 9.93. The van der Waals surface area contributed by atoms with E-state index in [1.165, 1.54) is 19.3 Å². The maximum absolute atomic E-state index is 12.0. The van der Waals surface area contributed by atoms with E-state index in [2.05, 4.69) is 16.9 Å². The summed E-state index contributed by atoms with van der Waals surface area (Å²) >= 11 is 1.88. The summed E-state index contributed by atoms with van der Waals surface area (Å²) in [6.07, 6.45) is 7.02. The van der Waals surface area contributed by atoms with Crippen LogP contribution in [0.15, 0.2) is 0 Å². The average molecular weight is 244 g/mol. The van der Waals surface area contributed by atoms with Crippen LogP contribution in [0.25, 0.3) is 0 Å². The number of nitrogens with one attached hydrogen (secondary N) is 2. The molecule has 1 aliphatic carbocycles. The summed E-state index contributed by atoms with van der Waals surface area (Å²) in [5, 5.41) is 6.82. The molecule has 2 atom stereocenters. The number of rotatable bonds is 4. The molecule has 0 radical (unpaired) electrons. The first-order valence-electron chi connectivity index (χ1n) is 6.04. The molecule has 16 heavy (non-hydrogen) atoms. The highest BCUT2D eigenvalue weighted by molar-refractivity contribution is 7.99. The average Bonchev–Trinajstić information content (AvgIpc) is 2.29. The van der Waals surface area contributed by atoms with Crippen molar-refractivity contribution in [1.82, 2.24) is 10.6 Å². The van der Waals surface area contributed by atoms with Gasteiger partial charge in [-0.05, 0) is 40.0 Å². The van der Waals surface area contributed by atoms with Crippen molar-refractivity contribution in [3.63, 3.8) is 0 Å². The van der Waals surface area contributed by atoms with Crippen molar-refractivity contribution in [2.75, 3.05) is 13.3 Å². The third-order valence-corrected chi connectivity index (χ3v) is 4.68. The van der Waals surface area contributed by atoms with Crippen molar-refractivity contribution in [3.05, 3.63) is 0 Å². The SMILES string of the molecule is CNC(C)(C)C(=O)NC1CCCCC1SC. The number of amides is 1. The molecule has 2 N–H and O–H groups in total. The van der Waals surface area contributed by atoms with Crippen LogP contribution in [0.4, 0.5) is 0 Å². The minimum atomic E-state index is -0.472. The zero-order valence-electron chi connectivity index (χ0n) is 10.8. The quantitative estimate of drug-likeness (QED) is 0.792. The Morgan fingerprint density at radius 2 is 1.94 bits per heavy atom. The molecule has 0 bridgehead atoms. The van der Waals surface area contributed by atoms with Gasteiger partial charge in [0.1, 0.15) is 0 Å². The fourth-order valence-corrected chi connectivity index (χ4v) is 2.94. The van der Waals surface area contributed by atoms with E-state index in [4.69, 9.17) is 0 Å². The van der Waals surface area contributed by atoms with Crippen LogP contribution in [0.3, 0.4) is 0 Å². The molecule has 1 rings (SSSR count). The number of likely N-dealkylation sites (N-methyl/N-ethyl adjacent to an activating group) is 1. The summed E-state index contributed by atoms with van der Waals surface area (Å²) in [6.45, 7) is 3.83. The molecule has 1 fully saturated rings. The van der Waals surface area contributed by atoms with E-state index in [1.807, 2.05) is 32.7 Å². The lowest BCUT2D eigenvalue weighted by Gasteiger charge is -2.34. The number of carbonyl (C=O) groups excluding carboxylic acids is 1. The molecule has 4 heteroatoms. The number of hydrogen-bond acceptors (Lipinski definition) is 3. The van der Waals surface area contributed by atoms with Gasteiger partial charge in [-0.25, -0.2) is 0 Å². The van der Waals surface area contributed by atoms with Crippen molar-refractivity contribution in [3.8, 4) is 0 Å². The minimum absolute atomic E-state index is 0.112. The summed E-state index contributed by atoms with van der Waals surface area (Å²) in [5.74, 6) is 0.112. The van der Waals surface area contributed by atoms with Crippen LogP contribution < -0.4 is 10.6 Å². The van der Waals surface area contributed by atoms with Gasteiger partial charge in [0.25, 0.3) is 0 Å². The second kappa shape index (κ2) is 5.92. The standard InChI is InChI=1S/C12H24N2OS/c1-12(2,13-3)11(15)14-9-7-5-6-8-10(9)16-4/h9-10,13H,5-8H2,1-4H3,(H,14,15). The normalized spacial score (nSPS) is 26.5. The highest BCUT2D eigenvalue weighted by Crippen LogP contribution is 2.27. The van der Waals surface area contributed by atoms with E-state index in [1.54, 1.807) is 0 Å². The van der Waals surface area contributed by atoms with E-state index in [0.29, 0.717) is 11.3 Å². The van der Waals surface area contributed by atoms with Crippen molar-refractivity contribution in [1.29, 1.82) is 0 Å². The summed E-state index contributed by atoms with van der Waals surface area (Å²) in [4.78, 5) is 12.0. The van der Waals surface area contributed by atoms with Gasteiger partial charge in [-0.15, -0.1) is 0 Å². The Bertz CT molecular complexity index is 243. The van der Waals surface area contributed by atoms with Crippen molar-refractivity contribution in [2.24, 2.45) is 0 Å². The highest BCUT2D eigenvalue weighted by Gasteiger charge is 2.31. The van der Waals surface area contributed by atoms with Gasteiger partial charge in [0.05, 0.1) is 5.54 Å². The van der Waals surface area contributed by atoms with E-state index in [0.717, 1.165) is 6.42 Å². The van der Waals surface area contributed by atoms with Gasteiger partial charge in [-0.2, -0.15) is 11.8 Å². The molecule has 0 heterocycles. The zero-order valence-corrected chi connectivity index (χ0v) is 11.6. The smallest absolute Gasteiger partial charge is 0.239 e. The maximum Gasteiger partial charge on any atom is 0.239 e. The molecule has 1 aliphatic rings. The summed E-state index contributed by atoms with van der Waals surface area (Å²) in [6, 6.07) is 0.351. The summed E-state index contributed by atoms with van der Waals surface area (Å²) in [5.41, 5.74) is -0.472. The van der Waals surface area contributed by atoms with Gasteiger partial charge >= 0.3 is 0 Å². The van der Waals surface area contributed by atoms with Crippen LogP contribution in [0.5, 0.6) is 0 Å².